The standard InChI is InChI=1S/C13H21N5O3/c1-4-17(8-13(2,3)7-14)12-10(11(15)19)5-9(6-16-12)18(20)21/h5-6H,4,7-8,14H2,1-3H3,(H2,15,19). The second-order valence-electron chi connectivity index (χ2n) is 5.57. The number of rotatable bonds is 7. The number of nitrogens with two attached hydrogens (primary N) is 2. The lowest BCUT2D eigenvalue weighted by atomic mass is 9.93. The summed E-state index contributed by atoms with van der Waals surface area (Å²) in [5.74, 6) is -0.401. The number of carbonyl (C=O) groups is 1. The van der Waals surface area contributed by atoms with Crippen LogP contribution in [-0.4, -0.2) is 35.4 Å². The van der Waals surface area contributed by atoms with E-state index in [2.05, 4.69) is 4.98 Å². The van der Waals surface area contributed by atoms with E-state index in [9.17, 15) is 14.9 Å². The van der Waals surface area contributed by atoms with Crippen molar-refractivity contribution in [1.82, 2.24) is 4.98 Å². The van der Waals surface area contributed by atoms with Gasteiger partial charge in [0.15, 0.2) is 0 Å². The highest BCUT2D eigenvalue weighted by molar-refractivity contribution is 5.98. The Kier molecular flexibility index (Phi) is 5.20. The van der Waals surface area contributed by atoms with E-state index in [0.29, 0.717) is 25.5 Å². The molecule has 0 atom stereocenters. The van der Waals surface area contributed by atoms with Gasteiger partial charge in [-0.1, -0.05) is 13.8 Å². The van der Waals surface area contributed by atoms with Crippen molar-refractivity contribution in [1.29, 1.82) is 0 Å². The molecule has 116 valence electrons. The number of hydrogen-bond acceptors (Lipinski definition) is 6. The number of hydrogen-bond donors (Lipinski definition) is 2. The van der Waals surface area contributed by atoms with Gasteiger partial charge in [-0.25, -0.2) is 4.98 Å². The smallest absolute Gasteiger partial charge is 0.288 e. The van der Waals surface area contributed by atoms with Gasteiger partial charge in [0, 0.05) is 19.2 Å². The van der Waals surface area contributed by atoms with Crippen molar-refractivity contribution in [3.05, 3.63) is 27.9 Å². The Morgan fingerprint density at radius 3 is 2.57 bits per heavy atom. The Labute approximate surface area is 123 Å². The quantitative estimate of drug-likeness (QED) is 0.568. The van der Waals surface area contributed by atoms with Gasteiger partial charge in [-0.15, -0.1) is 0 Å². The second kappa shape index (κ2) is 6.49. The first kappa shape index (κ1) is 16.8. The van der Waals surface area contributed by atoms with Crippen LogP contribution in [0.1, 0.15) is 31.1 Å². The maximum atomic E-state index is 11.6. The normalized spacial score (nSPS) is 11.2. The van der Waals surface area contributed by atoms with Gasteiger partial charge in [-0.3, -0.25) is 14.9 Å². The molecule has 1 aromatic rings. The average Bonchev–Trinajstić information content (AvgIpc) is 2.44. The molecule has 1 heterocycles. The van der Waals surface area contributed by atoms with Crippen LogP contribution in [0, 0.1) is 15.5 Å². The van der Waals surface area contributed by atoms with Crippen LogP contribution < -0.4 is 16.4 Å². The van der Waals surface area contributed by atoms with Crippen LogP contribution in [0.2, 0.25) is 0 Å². The van der Waals surface area contributed by atoms with Crippen molar-refractivity contribution >= 4 is 17.4 Å². The van der Waals surface area contributed by atoms with E-state index in [4.69, 9.17) is 11.5 Å². The van der Waals surface area contributed by atoms with Gasteiger partial charge in [-0.05, 0) is 18.9 Å². The Hall–Kier alpha value is -2.22. The number of amides is 1. The minimum Gasteiger partial charge on any atom is -0.365 e. The van der Waals surface area contributed by atoms with Crippen LogP contribution in [-0.2, 0) is 0 Å². The molecule has 0 fully saturated rings. The third-order valence-electron chi connectivity index (χ3n) is 3.18. The molecule has 0 radical (unpaired) electrons. The Balaban J connectivity index is 3.26. The van der Waals surface area contributed by atoms with Gasteiger partial charge in [0.2, 0.25) is 0 Å². The number of carbonyl (C=O) groups excluding carboxylic acids is 1. The molecule has 8 heteroatoms. The van der Waals surface area contributed by atoms with Crippen LogP contribution in [0.25, 0.3) is 0 Å². The lowest BCUT2D eigenvalue weighted by molar-refractivity contribution is -0.385. The lowest BCUT2D eigenvalue weighted by Gasteiger charge is -2.32. The summed E-state index contributed by atoms with van der Waals surface area (Å²) in [6.45, 7) is 7.48. The number of aromatic nitrogens is 1. The lowest BCUT2D eigenvalue weighted by Crippen LogP contribution is -2.40. The van der Waals surface area contributed by atoms with E-state index < -0.39 is 10.8 Å². The van der Waals surface area contributed by atoms with E-state index in [0.717, 1.165) is 12.3 Å². The SMILES string of the molecule is CCN(CC(C)(C)CN)c1ncc([N+](=O)[O-])cc1C(N)=O. The Morgan fingerprint density at radius 1 is 1.52 bits per heavy atom. The van der Waals surface area contributed by atoms with E-state index in [1.807, 2.05) is 25.7 Å². The van der Waals surface area contributed by atoms with Crippen molar-refractivity contribution < 1.29 is 9.72 Å². The predicted octanol–water partition coefficient (Wildman–Crippen LogP) is 0.900. The molecular weight excluding hydrogens is 274 g/mol. The monoisotopic (exact) mass is 295 g/mol. The molecule has 0 aliphatic heterocycles. The molecule has 1 rings (SSSR count). The van der Waals surface area contributed by atoms with Crippen LogP contribution >= 0.6 is 0 Å². The van der Waals surface area contributed by atoms with E-state index in [-0.39, 0.29) is 16.7 Å². The average molecular weight is 295 g/mol. The second-order valence-corrected chi connectivity index (χ2v) is 5.57. The van der Waals surface area contributed by atoms with Gasteiger partial charge >= 0.3 is 0 Å². The predicted molar refractivity (Wildman–Crippen MR) is 80.1 cm³/mol. The third-order valence-corrected chi connectivity index (χ3v) is 3.18. The highest BCUT2D eigenvalue weighted by Gasteiger charge is 2.25. The molecule has 0 aliphatic rings. The zero-order chi connectivity index (χ0) is 16.2. The molecule has 0 aliphatic carbocycles. The number of anilines is 1. The maximum Gasteiger partial charge on any atom is 0.288 e. The van der Waals surface area contributed by atoms with Crippen molar-refractivity contribution in [3.63, 3.8) is 0 Å². The van der Waals surface area contributed by atoms with Gasteiger partial charge < -0.3 is 16.4 Å². The minimum atomic E-state index is -0.745. The molecule has 0 unspecified atom stereocenters. The highest BCUT2D eigenvalue weighted by atomic mass is 16.6. The number of nitro groups is 1. The number of nitrogens with zero attached hydrogens (tertiary/aromatic N) is 3. The summed E-state index contributed by atoms with van der Waals surface area (Å²) in [5, 5.41) is 10.8. The third kappa shape index (κ3) is 4.12. The van der Waals surface area contributed by atoms with E-state index >= 15 is 0 Å². The van der Waals surface area contributed by atoms with Crippen molar-refractivity contribution in [2.45, 2.75) is 20.8 Å². The molecule has 21 heavy (non-hydrogen) atoms. The Morgan fingerprint density at radius 2 is 2.14 bits per heavy atom. The first-order chi connectivity index (χ1) is 9.71. The fourth-order valence-corrected chi connectivity index (χ4v) is 1.90. The van der Waals surface area contributed by atoms with Gasteiger partial charge in [0.25, 0.3) is 11.6 Å². The molecule has 1 aromatic heterocycles. The zero-order valence-corrected chi connectivity index (χ0v) is 12.5. The largest absolute Gasteiger partial charge is 0.365 e. The van der Waals surface area contributed by atoms with Crippen LogP contribution in [0.4, 0.5) is 11.5 Å². The summed E-state index contributed by atoms with van der Waals surface area (Å²) < 4.78 is 0. The highest BCUT2D eigenvalue weighted by Crippen LogP contribution is 2.25. The topological polar surface area (TPSA) is 128 Å². The van der Waals surface area contributed by atoms with Crippen molar-refractivity contribution in [3.8, 4) is 0 Å². The fourth-order valence-electron chi connectivity index (χ4n) is 1.90. The maximum absolute atomic E-state index is 11.6. The van der Waals surface area contributed by atoms with Gasteiger partial charge in [0.1, 0.15) is 12.0 Å². The minimum absolute atomic E-state index is 0.0406. The molecule has 1 amide bonds. The first-order valence-electron chi connectivity index (χ1n) is 6.61. The molecule has 0 saturated heterocycles. The summed E-state index contributed by atoms with van der Waals surface area (Å²) in [6, 6.07) is 1.16. The van der Waals surface area contributed by atoms with Crippen LogP contribution in [0.3, 0.4) is 0 Å². The summed E-state index contributed by atoms with van der Waals surface area (Å²) in [5.41, 5.74) is 10.6. The Bertz CT molecular complexity index is 545. The summed E-state index contributed by atoms with van der Waals surface area (Å²) in [4.78, 5) is 27.6. The summed E-state index contributed by atoms with van der Waals surface area (Å²) >= 11 is 0. The summed E-state index contributed by atoms with van der Waals surface area (Å²) in [7, 11) is 0. The molecule has 0 spiro atoms. The molecular formula is C13H21N5O3. The summed E-state index contributed by atoms with van der Waals surface area (Å²) in [6.07, 6.45) is 1.12. The number of primary amides is 1. The first-order valence-corrected chi connectivity index (χ1v) is 6.61. The van der Waals surface area contributed by atoms with Crippen molar-refractivity contribution in [2.75, 3.05) is 24.5 Å². The fraction of sp³-hybridized carbons (Fsp3) is 0.538. The van der Waals surface area contributed by atoms with Crippen LogP contribution in [0.5, 0.6) is 0 Å². The zero-order valence-electron chi connectivity index (χ0n) is 12.5. The molecule has 4 N–H and O–H groups in total. The molecule has 0 aromatic carbocycles. The van der Waals surface area contributed by atoms with Crippen molar-refractivity contribution in [2.24, 2.45) is 16.9 Å². The van der Waals surface area contributed by atoms with Crippen LogP contribution in [0.15, 0.2) is 12.3 Å². The van der Waals surface area contributed by atoms with E-state index in [1.54, 1.807) is 0 Å². The van der Waals surface area contributed by atoms with Gasteiger partial charge in [0.05, 0.1) is 10.5 Å². The van der Waals surface area contributed by atoms with E-state index in [1.165, 1.54) is 0 Å². The molecule has 0 saturated carbocycles. The molecule has 8 nitrogen and oxygen atoms in total. The van der Waals surface area contributed by atoms with Gasteiger partial charge in [-0.2, -0.15) is 0 Å². The molecule has 0 bridgehead atoms. The number of pyridine rings is 1.